The van der Waals surface area contributed by atoms with Crippen LogP contribution in [0.25, 0.3) is 0 Å². The molecule has 5 aliphatic heterocycles. The van der Waals surface area contributed by atoms with Gasteiger partial charge < -0.3 is 24.8 Å². The number of benzene rings is 2. The molecule has 2 aromatic rings. The quantitative estimate of drug-likeness (QED) is 0.330. The van der Waals surface area contributed by atoms with Crippen LogP contribution < -0.4 is 20.1 Å². The van der Waals surface area contributed by atoms with E-state index < -0.39 is 21.6 Å². The number of fused-ring (bicyclic) bond motifs is 2. The lowest BCUT2D eigenvalue weighted by Gasteiger charge is -2.61. The standard InChI is InChI=1S/C29H31N3O7S/c1-36-20-11-18-19(12-21(20)37-2)32-23(33)13-22-25-24-15(7-10-38-22)14-31-9-8-29(18,27(25)32)28(31)26(24)39-40(34,35)17-5-3-16(30)4-6-17/h3-7,11-12,22,24-28H,8-10,13-14,30H2,1-2H3/t22-,24-,25+,26?,27-,28-,29-/m0/s1. The van der Waals surface area contributed by atoms with Crippen LogP contribution >= 0.6 is 0 Å². The van der Waals surface area contributed by atoms with Gasteiger partial charge in [0.2, 0.25) is 5.91 Å². The molecule has 3 saturated heterocycles. The molecular weight excluding hydrogens is 534 g/mol. The summed E-state index contributed by atoms with van der Waals surface area (Å²) in [5.74, 6) is 0.826. The van der Waals surface area contributed by atoms with E-state index in [-0.39, 0.29) is 47.2 Å². The second-order valence-electron chi connectivity index (χ2n) is 11.7. The first kappa shape index (κ1) is 24.7. The van der Waals surface area contributed by atoms with E-state index in [4.69, 9.17) is 24.1 Å². The number of methoxy groups -OCH3 is 2. The van der Waals surface area contributed by atoms with Crippen LogP contribution in [0.3, 0.4) is 0 Å². The van der Waals surface area contributed by atoms with E-state index in [9.17, 15) is 13.2 Å². The fourth-order valence-corrected chi connectivity index (χ4v) is 9.97. The molecule has 2 aromatic carbocycles. The monoisotopic (exact) mass is 565 g/mol. The average Bonchev–Trinajstić information content (AvgIpc) is 3.40. The zero-order valence-corrected chi connectivity index (χ0v) is 23.1. The van der Waals surface area contributed by atoms with Crippen LogP contribution in [0.4, 0.5) is 11.4 Å². The lowest BCUT2D eigenvalue weighted by atomic mass is 9.52. The van der Waals surface area contributed by atoms with Crippen LogP contribution in [0.5, 0.6) is 11.5 Å². The average molecular weight is 566 g/mol. The Morgan fingerprint density at radius 3 is 2.58 bits per heavy atom. The Labute approximate surface area is 232 Å². The zero-order chi connectivity index (χ0) is 27.6. The summed E-state index contributed by atoms with van der Waals surface area (Å²) in [4.78, 5) is 18.2. The van der Waals surface area contributed by atoms with E-state index in [2.05, 4.69) is 11.0 Å². The van der Waals surface area contributed by atoms with Gasteiger partial charge in [0.15, 0.2) is 11.5 Å². The maximum atomic E-state index is 13.8. The van der Waals surface area contributed by atoms with Gasteiger partial charge in [-0.1, -0.05) is 11.6 Å². The molecule has 8 rings (SSSR count). The van der Waals surface area contributed by atoms with Gasteiger partial charge in [-0.15, -0.1) is 0 Å². The lowest BCUT2D eigenvalue weighted by Crippen LogP contribution is -2.74. The lowest BCUT2D eigenvalue weighted by molar-refractivity contribution is -0.140. The van der Waals surface area contributed by atoms with Crippen LogP contribution in [0.2, 0.25) is 0 Å². The summed E-state index contributed by atoms with van der Waals surface area (Å²) >= 11 is 0. The second-order valence-corrected chi connectivity index (χ2v) is 13.3. The summed E-state index contributed by atoms with van der Waals surface area (Å²) in [6.07, 6.45) is 2.10. The Kier molecular flexibility index (Phi) is 5.07. The van der Waals surface area contributed by atoms with Crippen LogP contribution in [0.15, 0.2) is 52.9 Å². The van der Waals surface area contributed by atoms with Gasteiger partial charge in [-0.25, -0.2) is 0 Å². The van der Waals surface area contributed by atoms with Gasteiger partial charge in [-0.05, 0) is 48.9 Å². The summed E-state index contributed by atoms with van der Waals surface area (Å²) in [5, 5.41) is 0. The normalized spacial score (nSPS) is 35.2. The first-order chi connectivity index (χ1) is 19.3. The van der Waals surface area contributed by atoms with Crippen molar-refractivity contribution in [3.63, 3.8) is 0 Å². The first-order valence-corrected chi connectivity index (χ1v) is 15.1. The molecule has 10 nitrogen and oxygen atoms in total. The second kappa shape index (κ2) is 8.22. The summed E-state index contributed by atoms with van der Waals surface area (Å²) in [6.45, 7) is 1.89. The number of rotatable bonds is 5. The molecule has 0 aromatic heterocycles. The summed E-state index contributed by atoms with van der Waals surface area (Å²) in [6, 6.07) is 9.57. The van der Waals surface area contributed by atoms with Crippen molar-refractivity contribution in [1.29, 1.82) is 0 Å². The molecule has 2 N–H and O–H groups in total. The van der Waals surface area contributed by atoms with E-state index in [1.165, 1.54) is 12.1 Å². The van der Waals surface area contributed by atoms with Crippen molar-refractivity contribution in [2.75, 3.05) is 44.5 Å². The molecule has 0 radical (unpaired) electrons. The number of ether oxygens (including phenoxy) is 3. The molecule has 7 atom stereocenters. The fraction of sp³-hybridized carbons (Fsp3) is 0.483. The zero-order valence-electron chi connectivity index (χ0n) is 22.3. The number of amides is 1. The molecular formula is C29H31N3O7S. The van der Waals surface area contributed by atoms with Crippen molar-refractivity contribution in [1.82, 2.24) is 4.90 Å². The Morgan fingerprint density at radius 1 is 1.07 bits per heavy atom. The molecule has 5 heterocycles. The molecule has 1 unspecified atom stereocenters. The third kappa shape index (κ3) is 2.98. The molecule has 2 bridgehead atoms. The highest BCUT2D eigenvalue weighted by Gasteiger charge is 2.74. The Balaban J connectivity index is 1.36. The van der Waals surface area contributed by atoms with Crippen LogP contribution in [0, 0.1) is 11.8 Å². The van der Waals surface area contributed by atoms with Crippen molar-refractivity contribution in [3.8, 4) is 11.5 Å². The van der Waals surface area contributed by atoms with Gasteiger partial charge in [0, 0.05) is 35.5 Å². The maximum Gasteiger partial charge on any atom is 0.297 e. The highest BCUT2D eigenvalue weighted by molar-refractivity contribution is 7.86. The first-order valence-electron chi connectivity index (χ1n) is 13.7. The SMILES string of the molecule is COc1cc2c(cc1OC)[C@@]13CCN4CC5=CCO[C@H]6CC(=O)N2[C@H]1[C@H]6[C@H]5C(OS(=O)(=O)c1ccc(N)cc1)[C@H]43. The molecule has 11 heteroatoms. The van der Waals surface area contributed by atoms with E-state index in [0.29, 0.717) is 23.8 Å². The smallest absolute Gasteiger partial charge is 0.297 e. The maximum absolute atomic E-state index is 13.8. The van der Waals surface area contributed by atoms with Gasteiger partial charge in [-0.2, -0.15) is 8.42 Å². The number of carbonyl (C=O) groups excluding carboxylic acids is 1. The van der Waals surface area contributed by atoms with Crippen molar-refractivity contribution in [2.45, 2.75) is 47.4 Å². The van der Waals surface area contributed by atoms with Gasteiger partial charge in [0.25, 0.3) is 10.1 Å². The number of hydrogen-bond acceptors (Lipinski definition) is 9. The van der Waals surface area contributed by atoms with Gasteiger partial charge in [-0.3, -0.25) is 13.9 Å². The number of nitrogen functional groups attached to an aromatic ring is 1. The molecule has 4 fully saturated rings. The summed E-state index contributed by atoms with van der Waals surface area (Å²) < 4.78 is 51.6. The van der Waals surface area contributed by atoms with Crippen molar-refractivity contribution >= 4 is 27.4 Å². The largest absolute Gasteiger partial charge is 0.493 e. The summed E-state index contributed by atoms with van der Waals surface area (Å²) in [5.41, 5.74) is 8.70. The van der Waals surface area contributed by atoms with E-state index >= 15 is 0 Å². The predicted octanol–water partition coefficient (Wildman–Crippen LogP) is 2.08. The minimum Gasteiger partial charge on any atom is -0.493 e. The van der Waals surface area contributed by atoms with E-state index in [1.54, 1.807) is 26.4 Å². The number of nitrogens with two attached hydrogens (primary N) is 1. The molecule has 1 aliphatic carbocycles. The minimum absolute atomic E-state index is 0.0189. The van der Waals surface area contributed by atoms with E-state index in [0.717, 1.165) is 36.3 Å². The van der Waals surface area contributed by atoms with Crippen molar-refractivity contribution in [3.05, 3.63) is 53.6 Å². The highest BCUT2D eigenvalue weighted by Crippen LogP contribution is 2.67. The van der Waals surface area contributed by atoms with Crippen molar-refractivity contribution < 1.29 is 31.6 Å². The third-order valence-corrected chi connectivity index (χ3v) is 11.5. The number of carbonyl (C=O) groups is 1. The molecule has 6 aliphatic rings. The van der Waals surface area contributed by atoms with Crippen molar-refractivity contribution in [2.24, 2.45) is 11.8 Å². The van der Waals surface area contributed by atoms with Gasteiger partial charge >= 0.3 is 0 Å². The Hall–Kier alpha value is -3.12. The number of piperidine rings is 2. The highest BCUT2D eigenvalue weighted by atomic mass is 32.2. The predicted molar refractivity (Wildman–Crippen MR) is 145 cm³/mol. The third-order valence-electron chi connectivity index (χ3n) is 10.2. The van der Waals surface area contributed by atoms with Crippen LogP contribution in [-0.4, -0.2) is 77.4 Å². The number of nitrogens with zero attached hydrogens (tertiary/aromatic N) is 2. The minimum atomic E-state index is -4.11. The van der Waals surface area contributed by atoms with Crippen LogP contribution in [0.1, 0.15) is 18.4 Å². The molecule has 210 valence electrons. The Morgan fingerprint density at radius 2 is 1.82 bits per heavy atom. The number of hydrogen-bond donors (Lipinski definition) is 1. The van der Waals surface area contributed by atoms with Crippen LogP contribution in [-0.2, 0) is 29.2 Å². The molecule has 1 saturated carbocycles. The van der Waals surface area contributed by atoms with E-state index in [1.807, 2.05) is 17.0 Å². The summed E-state index contributed by atoms with van der Waals surface area (Å²) in [7, 11) is -0.922. The van der Waals surface area contributed by atoms with Gasteiger partial charge in [0.1, 0.15) is 6.10 Å². The molecule has 1 amide bonds. The van der Waals surface area contributed by atoms with Gasteiger partial charge in [0.05, 0.1) is 56.0 Å². The number of anilines is 2. The molecule has 40 heavy (non-hydrogen) atoms. The topological polar surface area (TPSA) is 121 Å². The Bertz CT molecular complexity index is 1570. The fourth-order valence-electron chi connectivity index (χ4n) is 8.87. The molecule has 1 spiro atoms.